The fourth-order valence-electron chi connectivity index (χ4n) is 4.29. The summed E-state index contributed by atoms with van der Waals surface area (Å²) in [5.41, 5.74) is 0.276. The molecule has 10 nitrogen and oxygen atoms in total. The van der Waals surface area contributed by atoms with E-state index in [1.54, 1.807) is 12.1 Å². The highest BCUT2D eigenvalue weighted by molar-refractivity contribution is 6.88. The van der Waals surface area contributed by atoms with Crippen molar-refractivity contribution in [3.8, 4) is 23.5 Å². The third-order valence-electron chi connectivity index (χ3n) is 6.55. The fourth-order valence-corrected chi connectivity index (χ4v) is 5.46. The van der Waals surface area contributed by atoms with Crippen LogP contribution in [0.2, 0.25) is 19.6 Å². The van der Waals surface area contributed by atoms with E-state index in [9.17, 15) is 4.79 Å². The van der Waals surface area contributed by atoms with E-state index in [2.05, 4.69) is 64.9 Å². The Balaban J connectivity index is 1.44. The van der Waals surface area contributed by atoms with Gasteiger partial charge in [0.25, 0.3) is 5.95 Å². The molecule has 1 atom stereocenters. The standard InChI is InChI=1S/C27H37N5O5Si/c1-31(2)18-13-14-32(17-18)27-29-25(34-3)24(26(30-27)35-4)28-22(33)16-20-11-12-23(37-20)36-19-9-8-10-21(15-19)38(5,6)7/h8-12,15,18H,13-14,16-17H2,1-7H3,(H,28,33). The molecule has 3 heterocycles. The highest BCUT2D eigenvalue weighted by atomic mass is 28.3. The summed E-state index contributed by atoms with van der Waals surface area (Å²) in [6.07, 6.45) is 1.00. The molecule has 1 aliphatic rings. The lowest BCUT2D eigenvalue weighted by Gasteiger charge is -2.21. The van der Waals surface area contributed by atoms with E-state index in [0.29, 0.717) is 29.4 Å². The molecule has 1 aliphatic heterocycles. The quantitative estimate of drug-likeness (QED) is 0.386. The summed E-state index contributed by atoms with van der Waals surface area (Å²) in [7, 11) is 5.66. The van der Waals surface area contributed by atoms with Gasteiger partial charge < -0.3 is 33.7 Å². The van der Waals surface area contributed by atoms with Crippen LogP contribution in [0.5, 0.6) is 23.5 Å². The molecule has 11 heteroatoms. The van der Waals surface area contributed by atoms with Gasteiger partial charge in [0.05, 0.1) is 28.7 Å². The number of likely N-dealkylation sites (N-methyl/N-ethyl adjacent to an activating group) is 1. The van der Waals surface area contributed by atoms with Crippen molar-refractivity contribution in [3.05, 3.63) is 42.2 Å². The largest absolute Gasteiger partial charge is 0.479 e. The maximum absolute atomic E-state index is 12.9. The van der Waals surface area contributed by atoms with E-state index in [-0.39, 0.29) is 29.8 Å². The number of nitrogens with one attached hydrogen (secondary N) is 1. The van der Waals surface area contributed by atoms with Gasteiger partial charge in [0.1, 0.15) is 11.5 Å². The SMILES string of the molecule is COc1nc(N2CCC(N(C)C)C2)nc(OC)c1NC(=O)Cc1ccc(Oc2cccc([Si](C)(C)C)c2)o1. The van der Waals surface area contributed by atoms with Gasteiger partial charge in [-0.05, 0) is 38.7 Å². The van der Waals surface area contributed by atoms with E-state index in [4.69, 9.17) is 18.6 Å². The summed E-state index contributed by atoms with van der Waals surface area (Å²) < 4.78 is 22.7. The molecular weight excluding hydrogens is 502 g/mol. The van der Waals surface area contributed by atoms with Gasteiger partial charge in [-0.1, -0.05) is 37.0 Å². The van der Waals surface area contributed by atoms with E-state index >= 15 is 0 Å². The lowest BCUT2D eigenvalue weighted by Crippen LogP contribution is -2.37. The van der Waals surface area contributed by atoms with Crippen molar-refractivity contribution in [1.29, 1.82) is 0 Å². The van der Waals surface area contributed by atoms with E-state index in [1.165, 1.54) is 19.4 Å². The first-order chi connectivity index (χ1) is 18.1. The molecule has 38 heavy (non-hydrogen) atoms. The second-order valence-electron chi connectivity index (χ2n) is 10.6. The van der Waals surface area contributed by atoms with E-state index in [1.807, 2.05) is 18.2 Å². The summed E-state index contributed by atoms with van der Waals surface area (Å²) in [6, 6.07) is 11.9. The summed E-state index contributed by atoms with van der Waals surface area (Å²) in [6.45, 7) is 8.48. The van der Waals surface area contributed by atoms with Crippen LogP contribution in [0.25, 0.3) is 0 Å². The number of methoxy groups -OCH3 is 2. The lowest BCUT2D eigenvalue weighted by atomic mass is 10.2. The number of anilines is 2. The third kappa shape index (κ3) is 6.46. The maximum Gasteiger partial charge on any atom is 0.290 e. The van der Waals surface area contributed by atoms with Crippen molar-refractivity contribution >= 4 is 30.8 Å². The number of carbonyl (C=O) groups excluding carboxylic acids is 1. The zero-order valence-electron chi connectivity index (χ0n) is 23.2. The number of rotatable bonds is 10. The van der Waals surface area contributed by atoms with Crippen LogP contribution in [0.1, 0.15) is 12.2 Å². The molecule has 0 radical (unpaired) electrons. The Bertz CT molecular complexity index is 1250. The second-order valence-corrected chi connectivity index (χ2v) is 15.7. The summed E-state index contributed by atoms with van der Waals surface area (Å²) in [5.74, 6) is 2.14. The summed E-state index contributed by atoms with van der Waals surface area (Å²) in [5, 5.41) is 4.11. The van der Waals surface area contributed by atoms with Crippen LogP contribution >= 0.6 is 0 Å². The van der Waals surface area contributed by atoms with E-state index < -0.39 is 8.07 Å². The second kappa shape index (κ2) is 11.4. The molecule has 0 spiro atoms. The minimum Gasteiger partial charge on any atom is -0.479 e. The monoisotopic (exact) mass is 539 g/mol. The summed E-state index contributed by atoms with van der Waals surface area (Å²) in [4.78, 5) is 26.3. The Morgan fingerprint density at radius 2 is 1.84 bits per heavy atom. The zero-order chi connectivity index (χ0) is 27.4. The van der Waals surface area contributed by atoms with Crippen LogP contribution in [-0.4, -0.2) is 76.3 Å². The number of hydrogen-bond donors (Lipinski definition) is 1. The first-order valence-electron chi connectivity index (χ1n) is 12.7. The average Bonchev–Trinajstić information content (AvgIpc) is 3.54. The number of benzene rings is 1. The Hall–Kier alpha value is -3.57. The molecule has 0 bridgehead atoms. The van der Waals surface area contributed by atoms with Crippen molar-refractivity contribution < 1.29 is 23.4 Å². The number of aromatic nitrogens is 2. The van der Waals surface area contributed by atoms with Crippen molar-refractivity contribution in [2.45, 2.75) is 38.5 Å². The maximum atomic E-state index is 12.9. The first-order valence-corrected chi connectivity index (χ1v) is 16.2. The van der Waals surface area contributed by atoms with Gasteiger partial charge in [0.2, 0.25) is 23.6 Å². The molecule has 0 saturated carbocycles. The smallest absolute Gasteiger partial charge is 0.290 e. The molecule has 1 fully saturated rings. The molecule has 2 aromatic heterocycles. The molecule has 1 unspecified atom stereocenters. The van der Waals surface area contributed by atoms with E-state index in [0.717, 1.165) is 19.5 Å². The Morgan fingerprint density at radius 1 is 1.13 bits per heavy atom. The molecule has 0 aliphatic carbocycles. The number of furan rings is 1. The van der Waals surface area contributed by atoms with Crippen molar-refractivity contribution in [2.75, 3.05) is 51.6 Å². The van der Waals surface area contributed by atoms with Gasteiger partial charge in [-0.15, -0.1) is 0 Å². The number of nitrogens with zero attached hydrogens (tertiary/aromatic N) is 4. The highest BCUT2D eigenvalue weighted by Gasteiger charge is 2.28. The van der Waals surface area contributed by atoms with Crippen LogP contribution in [0.3, 0.4) is 0 Å². The van der Waals surface area contributed by atoms with Gasteiger partial charge in [-0.3, -0.25) is 4.79 Å². The highest BCUT2D eigenvalue weighted by Crippen LogP contribution is 2.34. The first kappa shape index (κ1) is 27.5. The number of amides is 1. The number of carbonyl (C=O) groups is 1. The van der Waals surface area contributed by atoms with Gasteiger partial charge in [0.15, 0.2) is 5.69 Å². The minimum atomic E-state index is -1.47. The molecule has 4 rings (SSSR count). The van der Waals surface area contributed by atoms with Crippen LogP contribution in [0.4, 0.5) is 11.6 Å². The molecule has 1 aromatic carbocycles. The molecule has 1 saturated heterocycles. The minimum absolute atomic E-state index is 0.0109. The average molecular weight is 540 g/mol. The van der Waals surface area contributed by atoms with Crippen molar-refractivity contribution in [3.63, 3.8) is 0 Å². The predicted octanol–water partition coefficient (Wildman–Crippen LogP) is 3.75. The van der Waals surface area contributed by atoms with Gasteiger partial charge in [-0.2, -0.15) is 9.97 Å². The Labute approximate surface area is 224 Å². The van der Waals surface area contributed by atoms with Crippen molar-refractivity contribution in [1.82, 2.24) is 14.9 Å². The molecule has 3 aromatic rings. The Kier molecular flexibility index (Phi) is 8.27. The van der Waals surface area contributed by atoms with Crippen LogP contribution < -0.4 is 29.6 Å². The topological polar surface area (TPSA) is 102 Å². The lowest BCUT2D eigenvalue weighted by molar-refractivity contribution is -0.115. The van der Waals surface area contributed by atoms with Gasteiger partial charge >= 0.3 is 0 Å². The normalized spacial score (nSPS) is 15.6. The van der Waals surface area contributed by atoms with Crippen LogP contribution in [-0.2, 0) is 11.2 Å². The molecule has 1 N–H and O–H groups in total. The third-order valence-corrected chi connectivity index (χ3v) is 8.59. The van der Waals surface area contributed by atoms with Crippen LogP contribution in [0, 0.1) is 0 Å². The zero-order valence-corrected chi connectivity index (χ0v) is 24.2. The summed E-state index contributed by atoms with van der Waals surface area (Å²) >= 11 is 0. The fraction of sp³-hybridized carbons (Fsp3) is 0.444. The molecule has 1 amide bonds. The molecular formula is C27H37N5O5Si. The Morgan fingerprint density at radius 3 is 2.45 bits per heavy atom. The van der Waals surface area contributed by atoms with Gasteiger partial charge in [-0.25, -0.2) is 0 Å². The van der Waals surface area contributed by atoms with Gasteiger partial charge in [0, 0.05) is 25.2 Å². The number of ether oxygens (including phenoxy) is 3. The number of hydrogen-bond acceptors (Lipinski definition) is 9. The van der Waals surface area contributed by atoms with Crippen molar-refractivity contribution in [2.24, 2.45) is 0 Å². The molecule has 204 valence electrons. The van der Waals surface area contributed by atoms with Crippen LogP contribution in [0.15, 0.2) is 40.8 Å². The predicted molar refractivity (Wildman–Crippen MR) is 150 cm³/mol.